The Hall–Kier alpha value is -2.13. The molecule has 13 heteroatoms. The van der Waals surface area contributed by atoms with Crippen molar-refractivity contribution in [2.75, 3.05) is 19.0 Å². The fourth-order valence-corrected chi connectivity index (χ4v) is 7.69. The van der Waals surface area contributed by atoms with E-state index in [4.69, 9.17) is 18.9 Å². The summed E-state index contributed by atoms with van der Waals surface area (Å²) in [6, 6.07) is 0. The molecule has 1 aliphatic heterocycles. The second-order valence-corrected chi connectivity index (χ2v) is 17.9. The normalized spacial score (nSPS) is 20.4. The quantitative estimate of drug-likeness (QED) is 0.0199. The minimum atomic E-state index is -4.60. The van der Waals surface area contributed by atoms with E-state index in [2.05, 4.69) is 50.3 Å². The molecule has 1 heterocycles. The van der Waals surface area contributed by atoms with E-state index in [1.807, 2.05) is 0 Å². The van der Waals surface area contributed by atoms with Crippen molar-refractivity contribution in [3.8, 4) is 0 Å². The summed E-state index contributed by atoms with van der Waals surface area (Å²) in [4.78, 5) is 25.4. The first-order valence-electron chi connectivity index (χ1n) is 23.5. The van der Waals surface area contributed by atoms with Gasteiger partial charge in [0.1, 0.15) is 36.8 Å². The number of carbonyl (C=O) groups is 2. The number of aliphatic hydroxyl groups is 3. The highest BCUT2D eigenvalue weighted by Gasteiger charge is 2.46. The van der Waals surface area contributed by atoms with Crippen LogP contribution in [0.4, 0.5) is 0 Å². The molecule has 1 saturated heterocycles. The smallest absolute Gasteiger partial charge is 0.306 e. The standard InChI is InChI=1S/C47H84O12S/c1-3-5-7-9-11-13-15-17-19-20-22-23-25-27-29-31-33-35-42(48)56-37-40(38-57-47-46(52)45(51)44(50)41(59-47)39-60(53,54)55)58-43(49)36-34-32-30-28-26-24-21-18-16-14-12-10-8-6-4-2/h11,13-14,16-17,19,40-41,44-47,50-52H,3-10,12,15,18,20-39H2,1-2H3,(H,53,54,55)/b13-11+,16-14+,19-17+/t40-,41-,44-,45?,46?,47+/m1/s1. The van der Waals surface area contributed by atoms with Gasteiger partial charge in [-0.25, -0.2) is 0 Å². The summed E-state index contributed by atoms with van der Waals surface area (Å²) in [6.07, 6.45) is 33.2. The lowest BCUT2D eigenvalue weighted by atomic mass is 10.00. The Labute approximate surface area is 363 Å². The summed E-state index contributed by atoms with van der Waals surface area (Å²) >= 11 is 0. The predicted molar refractivity (Wildman–Crippen MR) is 238 cm³/mol. The van der Waals surface area contributed by atoms with Gasteiger partial charge in [0, 0.05) is 12.8 Å². The Morgan fingerprint density at radius 2 is 1.00 bits per heavy atom. The molecule has 1 aliphatic rings. The van der Waals surface area contributed by atoms with Crippen LogP contribution in [0, 0.1) is 0 Å². The van der Waals surface area contributed by atoms with Gasteiger partial charge in [0.25, 0.3) is 10.1 Å². The molecule has 350 valence electrons. The van der Waals surface area contributed by atoms with Crippen LogP contribution < -0.4 is 0 Å². The molecule has 0 spiro atoms. The molecule has 0 amide bonds. The number of carbonyl (C=O) groups excluding carboxylic acids is 2. The lowest BCUT2D eigenvalue weighted by molar-refractivity contribution is -0.297. The van der Waals surface area contributed by atoms with Gasteiger partial charge in [-0.1, -0.05) is 147 Å². The number of allylic oxidation sites excluding steroid dienone is 6. The molecule has 0 aliphatic carbocycles. The lowest BCUT2D eigenvalue weighted by Gasteiger charge is -2.40. The summed E-state index contributed by atoms with van der Waals surface area (Å²) < 4.78 is 54.1. The van der Waals surface area contributed by atoms with Crippen molar-refractivity contribution < 1.29 is 56.8 Å². The zero-order chi connectivity index (χ0) is 44.1. The van der Waals surface area contributed by atoms with E-state index in [1.54, 1.807) is 0 Å². The van der Waals surface area contributed by atoms with E-state index in [9.17, 15) is 37.9 Å². The molecule has 1 rings (SSSR count). The van der Waals surface area contributed by atoms with Crippen molar-refractivity contribution >= 4 is 22.1 Å². The average Bonchev–Trinajstić information content (AvgIpc) is 3.21. The number of ether oxygens (including phenoxy) is 4. The van der Waals surface area contributed by atoms with Gasteiger partial charge >= 0.3 is 11.9 Å². The van der Waals surface area contributed by atoms with Crippen molar-refractivity contribution in [3.63, 3.8) is 0 Å². The van der Waals surface area contributed by atoms with Crippen LogP contribution in [0.5, 0.6) is 0 Å². The number of rotatable bonds is 39. The molecule has 4 N–H and O–H groups in total. The number of esters is 2. The molecular weight excluding hydrogens is 789 g/mol. The molecule has 6 atom stereocenters. The molecular formula is C47H84O12S. The molecule has 0 bridgehead atoms. The Morgan fingerprint density at radius 3 is 1.52 bits per heavy atom. The molecule has 12 nitrogen and oxygen atoms in total. The number of hydrogen-bond acceptors (Lipinski definition) is 11. The molecule has 0 saturated carbocycles. The first kappa shape index (κ1) is 55.9. The van der Waals surface area contributed by atoms with Crippen LogP contribution in [0.2, 0.25) is 0 Å². The van der Waals surface area contributed by atoms with E-state index in [0.29, 0.717) is 12.8 Å². The maximum Gasteiger partial charge on any atom is 0.306 e. The Balaban J connectivity index is 2.43. The van der Waals surface area contributed by atoms with Crippen molar-refractivity contribution in [2.24, 2.45) is 0 Å². The fourth-order valence-electron chi connectivity index (χ4n) is 7.00. The monoisotopic (exact) mass is 873 g/mol. The Morgan fingerprint density at radius 1 is 0.567 bits per heavy atom. The summed E-state index contributed by atoms with van der Waals surface area (Å²) in [6.45, 7) is 3.72. The number of unbranched alkanes of at least 4 members (excludes halogenated alkanes) is 21. The molecule has 0 aromatic carbocycles. The first-order chi connectivity index (χ1) is 29.0. The van der Waals surface area contributed by atoms with E-state index < -0.39 is 71.2 Å². The van der Waals surface area contributed by atoms with Gasteiger partial charge in [0.15, 0.2) is 12.4 Å². The van der Waals surface area contributed by atoms with Gasteiger partial charge in [-0.05, 0) is 70.6 Å². The van der Waals surface area contributed by atoms with E-state index >= 15 is 0 Å². The topological polar surface area (TPSA) is 186 Å². The third-order valence-corrected chi connectivity index (χ3v) is 11.4. The van der Waals surface area contributed by atoms with Crippen molar-refractivity contribution in [1.29, 1.82) is 0 Å². The minimum Gasteiger partial charge on any atom is -0.462 e. The molecule has 0 radical (unpaired) electrons. The zero-order valence-electron chi connectivity index (χ0n) is 37.3. The predicted octanol–water partition coefficient (Wildman–Crippen LogP) is 9.78. The maximum atomic E-state index is 12.8. The van der Waals surface area contributed by atoms with Crippen molar-refractivity contribution in [3.05, 3.63) is 36.5 Å². The third kappa shape index (κ3) is 31.7. The molecule has 60 heavy (non-hydrogen) atoms. The molecule has 0 aromatic heterocycles. The van der Waals surface area contributed by atoms with E-state index in [1.165, 1.54) is 83.5 Å². The van der Waals surface area contributed by atoms with Gasteiger partial charge in [0.05, 0.1) is 6.61 Å². The van der Waals surface area contributed by atoms with Crippen LogP contribution in [0.3, 0.4) is 0 Å². The van der Waals surface area contributed by atoms with E-state index in [-0.39, 0.29) is 19.4 Å². The van der Waals surface area contributed by atoms with Crippen molar-refractivity contribution in [2.45, 2.75) is 230 Å². The summed E-state index contributed by atoms with van der Waals surface area (Å²) in [7, 11) is -4.60. The van der Waals surface area contributed by atoms with Crippen LogP contribution >= 0.6 is 0 Å². The largest absolute Gasteiger partial charge is 0.462 e. The van der Waals surface area contributed by atoms with Crippen LogP contribution in [-0.4, -0.2) is 96.0 Å². The van der Waals surface area contributed by atoms with Gasteiger partial charge < -0.3 is 34.3 Å². The fraction of sp³-hybridized carbons (Fsp3) is 0.830. The van der Waals surface area contributed by atoms with Gasteiger partial charge in [-0.3, -0.25) is 14.1 Å². The molecule has 0 aromatic rings. The highest BCUT2D eigenvalue weighted by atomic mass is 32.2. The molecule has 1 fully saturated rings. The van der Waals surface area contributed by atoms with Crippen LogP contribution in [0.15, 0.2) is 36.5 Å². The first-order valence-corrected chi connectivity index (χ1v) is 25.2. The minimum absolute atomic E-state index is 0.158. The second kappa shape index (κ2) is 37.4. The zero-order valence-corrected chi connectivity index (χ0v) is 38.1. The summed E-state index contributed by atoms with van der Waals surface area (Å²) in [5.74, 6) is -2.00. The highest BCUT2D eigenvalue weighted by Crippen LogP contribution is 2.24. The van der Waals surface area contributed by atoms with E-state index in [0.717, 1.165) is 70.6 Å². The highest BCUT2D eigenvalue weighted by molar-refractivity contribution is 7.85. The average molecular weight is 873 g/mol. The third-order valence-electron chi connectivity index (χ3n) is 10.7. The lowest BCUT2D eigenvalue weighted by Crippen LogP contribution is -2.60. The van der Waals surface area contributed by atoms with Crippen LogP contribution in [0.25, 0.3) is 0 Å². The summed E-state index contributed by atoms with van der Waals surface area (Å²) in [5.41, 5.74) is 0. The van der Waals surface area contributed by atoms with Crippen LogP contribution in [0.1, 0.15) is 194 Å². The summed E-state index contributed by atoms with van der Waals surface area (Å²) in [5, 5.41) is 30.9. The molecule has 2 unspecified atom stereocenters. The number of aliphatic hydroxyl groups excluding tert-OH is 3. The van der Waals surface area contributed by atoms with Crippen molar-refractivity contribution in [1.82, 2.24) is 0 Å². The number of hydrogen-bond donors (Lipinski definition) is 4. The second-order valence-electron chi connectivity index (χ2n) is 16.4. The van der Waals surface area contributed by atoms with Gasteiger partial charge in [-0.2, -0.15) is 8.42 Å². The van der Waals surface area contributed by atoms with Gasteiger partial charge in [-0.15, -0.1) is 0 Å². The Bertz CT molecular complexity index is 1250. The van der Waals surface area contributed by atoms with Gasteiger partial charge in [0.2, 0.25) is 0 Å². The Kier molecular flexibility index (Phi) is 34.9. The van der Waals surface area contributed by atoms with Crippen LogP contribution in [-0.2, 0) is 38.7 Å². The SMILES string of the molecule is CCCCC/C=C/C/C=C/CCCCCCCCCC(=O)OC[C@H](CO[C@H]1O[C@H](CS(=O)(=O)O)[C@@H](O)C(O)C1O)OC(=O)CCCCCCCCC/C=C/CCCCCC. The maximum absolute atomic E-state index is 12.8.